The van der Waals surface area contributed by atoms with Gasteiger partial charge in [-0.1, -0.05) is 29.8 Å². The molecule has 0 aliphatic carbocycles. The molecule has 196 valence electrons. The molecular weight excluding hydrogens is 494 g/mol. The van der Waals surface area contributed by atoms with Gasteiger partial charge in [0.1, 0.15) is 12.3 Å². The molecular formula is C27H31N3O6S. The van der Waals surface area contributed by atoms with Crippen LogP contribution in [0.1, 0.15) is 22.3 Å². The van der Waals surface area contributed by atoms with Crippen molar-refractivity contribution in [3.05, 3.63) is 83.9 Å². The van der Waals surface area contributed by atoms with E-state index in [9.17, 15) is 18.0 Å². The van der Waals surface area contributed by atoms with Crippen LogP contribution in [0.3, 0.4) is 0 Å². The van der Waals surface area contributed by atoms with Crippen molar-refractivity contribution in [3.8, 4) is 5.75 Å². The molecule has 2 N–H and O–H groups in total. The Morgan fingerprint density at radius 3 is 2.24 bits per heavy atom. The number of sulfonamides is 1. The maximum atomic E-state index is 13.6. The molecule has 9 nitrogen and oxygen atoms in total. The van der Waals surface area contributed by atoms with E-state index in [4.69, 9.17) is 9.47 Å². The number of nitrogens with one attached hydrogen (secondary N) is 2. The molecule has 0 aliphatic rings. The topological polar surface area (TPSA) is 114 Å². The predicted molar refractivity (Wildman–Crippen MR) is 143 cm³/mol. The molecule has 2 amide bonds. The van der Waals surface area contributed by atoms with Gasteiger partial charge in [-0.25, -0.2) is 8.42 Å². The molecule has 0 saturated heterocycles. The standard InChI is InChI=1S/C27H31N3O6S/c1-20-9-11-21(12-10-20)30(37(33,34)23-15-13-22(36-3)14-16-23)19-26(31)29-25-8-5-4-7-24(25)27(32)28-17-6-18-35-2/h4-5,7-16H,6,17-19H2,1-3H3,(H,28,32)(H,29,31). The molecule has 0 bridgehead atoms. The van der Waals surface area contributed by atoms with Crippen LogP contribution in [0.5, 0.6) is 5.75 Å². The molecule has 0 unspecified atom stereocenters. The van der Waals surface area contributed by atoms with Gasteiger partial charge in [0.05, 0.1) is 28.9 Å². The molecule has 3 aromatic rings. The summed E-state index contributed by atoms with van der Waals surface area (Å²) in [4.78, 5) is 25.8. The third kappa shape index (κ3) is 7.31. The normalized spacial score (nSPS) is 11.0. The molecule has 0 spiro atoms. The lowest BCUT2D eigenvalue weighted by atomic mass is 10.1. The largest absolute Gasteiger partial charge is 0.497 e. The van der Waals surface area contributed by atoms with Crippen LogP contribution in [0.2, 0.25) is 0 Å². The number of rotatable bonds is 12. The minimum atomic E-state index is -4.10. The molecule has 0 heterocycles. The fourth-order valence-corrected chi connectivity index (χ4v) is 4.95. The van der Waals surface area contributed by atoms with E-state index in [0.29, 0.717) is 31.0 Å². The molecule has 0 aliphatic heterocycles. The van der Waals surface area contributed by atoms with Gasteiger partial charge >= 0.3 is 0 Å². The van der Waals surface area contributed by atoms with Crippen molar-refractivity contribution in [2.45, 2.75) is 18.2 Å². The zero-order valence-corrected chi connectivity index (χ0v) is 21.9. The minimum absolute atomic E-state index is 0.0116. The first-order valence-electron chi connectivity index (χ1n) is 11.7. The molecule has 3 aromatic carbocycles. The van der Waals surface area contributed by atoms with E-state index in [1.165, 1.54) is 19.2 Å². The number of ether oxygens (including phenoxy) is 2. The van der Waals surface area contributed by atoms with Gasteiger partial charge in [-0.2, -0.15) is 0 Å². The summed E-state index contributed by atoms with van der Waals surface area (Å²) in [6, 6.07) is 19.3. The molecule has 0 fully saturated rings. The lowest BCUT2D eigenvalue weighted by Gasteiger charge is -2.24. The molecule has 0 saturated carbocycles. The van der Waals surface area contributed by atoms with E-state index in [-0.39, 0.29) is 22.1 Å². The van der Waals surface area contributed by atoms with Crippen LogP contribution in [-0.4, -0.2) is 54.1 Å². The van der Waals surface area contributed by atoms with Crippen molar-refractivity contribution in [2.75, 3.05) is 43.5 Å². The van der Waals surface area contributed by atoms with Crippen LogP contribution >= 0.6 is 0 Å². The Bertz CT molecular complexity index is 1310. The second kappa shape index (κ2) is 12.9. The summed E-state index contributed by atoms with van der Waals surface area (Å²) in [6.45, 7) is 2.31. The number of para-hydroxylation sites is 1. The highest BCUT2D eigenvalue weighted by Gasteiger charge is 2.28. The lowest BCUT2D eigenvalue weighted by molar-refractivity contribution is -0.114. The number of anilines is 2. The Labute approximate surface area is 217 Å². The Kier molecular flexibility index (Phi) is 9.64. The number of hydrogen-bond donors (Lipinski definition) is 2. The second-order valence-corrected chi connectivity index (χ2v) is 10.1. The Balaban J connectivity index is 1.85. The fraction of sp³-hybridized carbons (Fsp3) is 0.259. The Hall–Kier alpha value is -3.89. The molecule has 0 radical (unpaired) electrons. The van der Waals surface area contributed by atoms with Crippen molar-refractivity contribution in [3.63, 3.8) is 0 Å². The summed E-state index contributed by atoms with van der Waals surface area (Å²) in [5.41, 5.74) is 1.83. The maximum Gasteiger partial charge on any atom is 0.264 e. The van der Waals surface area contributed by atoms with E-state index in [1.807, 2.05) is 6.92 Å². The van der Waals surface area contributed by atoms with Crippen molar-refractivity contribution in [1.29, 1.82) is 0 Å². The van der Waals surface area contributed by atoms with Gasteiger partial charge < -0.3 is 20.1 Å². The smallest absolute Gasteiger partial charge is 0.264 e. The number of methoxy groups -OCH3 is 2. The van der Waals surface area contributed by atoms with Crippen LogP contribution in [0.25, 0.3) is 0 Å². The highest BCUT2D eigenvalue weighted by molar-refractivity contribution is 7.92. The van der Waals surface area contributed by atoms with E-state index in [2.05, 4.69) is 10.6 Å². The van der Waals surface area contributed by atoms with Crippen molar-refractivity contribution in [1.82, 2.24) is 5.32 Å². The molecule has 3 rings (SSSR count). The maximum absolute atomic E-state index is 13.6. The number of benzene rings is 3. The summed E-state index contributed by atoms with van der Waals surface area (Å²) in [5.74, 6) is -0.443. The highest BCUT2D eigenvalue weighted by Crippen LogP contribution is 2.26. The number of carbonyl (C=O) groups is 2. The summed E-state index contributed by atoms with van der Waals surface area (Å²) in [5, 5.41) is 5.48. The van der Waals surface area contributed by atoms with Gasteiger partial charge in [-0.05, 0) is 61.9 Å². The molecule has 10 heteroatoms. The molecule has 0 atom stereocenters. The van der Waals surface area contributed by atoms with Crippen LogP contribution in [-0.2, 0) is 19.6 Å². The van der Waals surface area contributed by atoms with Crippen molar-refractivity contribution < 1.29 is 27.5 Å². The third-order valence-electron chi connectivity index (χ3n) is 5.51. The number of carbonyl (C=O) groups excluding carboxylic acids is 2. The average molecular weight is 526 g/mol. The summed E-state index contributed by atoms with van der Waals surface area (Å²) in [6.07, 6.45) is 0.644. The zero-order valence-electron chi connectivity index (χ0n) is 21.1. The van der Waals surface area contributed by atoms with Crippen LogP contribution < -0.4 is 19.7 Å². The highest BCUT2D eigenvalue weighted by atomic mass is 32.2. The van der Waals surface area contributed by atoms with Crippen LogP contribution in [0, 0.1) is 6.92 Å². The zero-order chi connectivity index (χ0) is 26.8. The van der Waals surface area contributed by atoms with Crippen LogP contribution in [0.4, 0.5) is 11.4 Å². The second-order valence-electron chi connectivity index (χ2n) is 8.22. The fourth-order valence-electron chi connectivity index (χ4n) is 3.52. The number of aryl methyl sites for hydroxylation is 1. The average Bonchev–Trinajstić information content (AvgIpc) is 2.90. The van der Waals surface area contributed by atoms with E-state index >= 15 is 0 Å². The lowest BCUT2D eigenvalue weighted by Crippen LogP contribution is -2.38. The van der Waals surface area contributed by atoms with Crippen LogP contribution in [0.15, 0.2) is 77.7 Å². The first-order chi connectivity index (χ1) is 17.8. The number of hydrogen-bond acceptors (Lipinski definition) is 6. The third-order valence-corrected chi connectivity index (χ3v) is 7.30. The molecule has 0 aromatic heterocycles. The van der Waals surface area contributed by atoms with E-state index in [1.54, 1.807) is 67.8 Å². The van der Waals surface area contributed by atoms with Crippen molar-refractivity contribution in [2.24, 2.45) is 0 Å². The SMILES string of the molecule is COCCCNC(=O)c1ccccc1NC(=O)CN(c1ccc(C)cc1)S(=O)(=O)c1ccc(OC)cc1. The first kappa shape index (κ1) is 27.7. The van der Waals surface area contributed by atoms with Gasteiger partial charge in [0, 0.05) is 20.3 Å². The predicted octanol–water partition coefficient (Wildman–Crippen LogP) is 3.60. The quantitative estimate of drug-likeness (QED) is 0.349. The van der Waals surface area contributed by atoms with Gasteiger partial charge in [0.25, 0.3) is 15.9 Å². The number of nitrogens with zero attached hydrogens (tertiary/aromatic N) is 1. The summed E-state index contributed by atoms with van der Waals surface area (Å²) >= 11 is 0. The van der Waals surface area contributed by atoms with E-state index in [0.717, 1.165) is 9.87 Å². The van der Waals surface area contributed by atoms with Gasteiger partial charge in [0.2, 0.25) is 5.91 Å². The Morgan fingerprint density at radius 1 is 0.919 bits per heavy atom. The molecule has 37 heavy (non-hydrogen) atoms. The van der Waals surface area contributed by atoms with Gasteiger partial charge in [0.15, 0.2) is 0 Å². The van der Waals surface area contributed by atoms with E-state index < -0.39 is 22.5 Å². The number of amides is 2. The van der Waals surface area contributed by atoms with Crippen molar-refractivity contribution >= 4 is 33.2 Å². The summed E-state index contributed by atoms with van der Waals surface area (Å²) < 4.78 is 38.3. The van der Waals surface area contributed by atoms with Gasteiger partial charge in [-0.15, -0.1) is 0 Å². The summed E-state index contributed by atoms with van der Waals surface area (Å²) in [7, 11) is -1.02. The monoisotopic (exact) mass is 525 g/mol. The minimum Gasteiger partial charge on any atom is -0.497 e. The van der Waals surface area contributed by atoms with Gasteiger partial charge in [-0.3, -0.25) is 13.9 Å². The Morgan fingerprint density at radius 2 is 1.59 bits per heavy atom. The first-order valence-corrected chi connectivity index (χ1v) is 13.1.